The lowest BCUT2D eigenvalue weighted by molar-refractivity contribution is 0.0946. The van der Waals surface area contributed by atoms with Gasteiger partial charge in [0.2, 0.25) is 0 Å². The number of carbonyl (C=O) groups excluding carboxylic acids is 2. The molecule has 2 N–H and O–H groups in total. The van der Waals surface area contributed by atoms with Crippen LogP contribution < -0.4 is 15.5 Å². The number of anilines is 2. The highest BCUT2D eigenvalue weighted by Crippen LogP contribution is 2.23. The molecule has 1 fully saturated rings. The highest BCUT2D eigenvalue weighted by atomic mass is 16.3. The average molecular weight is 403 g/mol. The molecule has 0 aliphatic carbocycles. The molecule has 1 saturated heterocycles. The van der Waals surface area contributed by atoms with Gasteiger partial charge in [-0.15, -0.1) is 0 Å². The zero-order valence-corrected chi connectivity index (χ0v) is 16.9. The molecule has 3 aromatic rings. The van der Waals surface area contributed by atoms with E-state index in [1.54, 1.807) is 24.3 Å². The summed E-state index contributed by atoms with van der Waals surface area (Å²) in [5.74, 6) is 0.167. The Kier molecular flexibility index (Phi) is 5.84. The van der Waals surface area contributed by atoms with Crippen molar-refractivity contribution in [2.75, 3.05) is 29.9 Å². The third kappa shape index (κ3) is 4.54. The van der Waals surface area contributed by atoms with E-state index in [0.29, 0.717) is 23.7 Å². The van der Waals surface area contributed by atoms with Crippen molar-refractivity contribution in [3.8, 4) is 0 Å². The first-order valence-electron chi connectivity index (χ1n) is 10.1. The van der Waals surface area contributed by atoms with Gasteiger partial charge in [-0.1, -0.05) is 24.3 Å². The second-order valence-electron chi connectivity index (χ2n) is 7.61. The fraction of sp³-hybridized carbons (Fsp3) is 0.250. The lowest BCUT2D eigenvalue weighted by Crippen LogP contribution is -2.31. The van der Waals surface area contributed by atoms with Crippen molar-refractivity contribution in [2.24, 2.45) is 5.92 Å². The van der Waals surface area contributed by atoms with Crippen molar-refractivity contribution in [1.82, 2.24) is 5.32 Å². The quantitative estimate of drug-likeness (QED) is 0.650. The van der Waals surface area contributed by atoms with Crippen LogP contribution in [0.25, 0.3) is 0 Å². The molecular formula is C24H25N3O3. The molecule has 4 rings (SSSR count). The molecule has 1 aliphatic rings. The molecule has 0 spiro atoms. The Morgan fingerprint density at radius 2 is 1.90 bits per heavy atom. The molecule has 1 aromatic heterocycles. The number of nitrogens with one attached hydrogen (secondary N) is 2. The van der Waals surface area contributed by atoms with E-state index in [-0.39, 0.29) is 17.6 Å². The Balaban J connectivity index is 1.34. The first-order chi connectivity index (χ1) is 14.6. The van der Waals surface area contributed by atoms with Crippen LogP contribution in [0, 0.1) is 12.8 Å². The Labute approximate surface area is 175 Å². The molecule has 1 aliphatic heterocycles. The van der Waals surface area contributed by atoms with Crippen molar-refractivity contribution >= 4 is 23.2 Å². The summed E-state index contributed by atoms with van der Waals surface area (Å²) in [5.41, 5.74) is 3.22. The predicted molar refractivity (Wildman–Crippen MR) is 117 cm³/mol. The Hall–Kier alpha value is -3.54. The lowest BCUT2D eigenvalue weighted by Gasteiger charge is -2.18. The molecule has 1 unspecified atom stereocenters. The zero-order chi connectivity index (χ0) is 20.9. The van der Waals surface area contributed by atoms with Crippen LogP contribution in [0.1, 0.15) is 32.9 Å². The molecule has 0 radical (unpaired) electrons. The number of para-hydroxylation sites is 1. The maximum absolute atomic E-state index is 12.7. The second kappa shape index (κ2) is 8.86. The molecule has 6 nitrogen and oxygen atoms in total. The fourth-order valence-corrected chi connectivity index (χ4v) is 3.70. The van der Waals surface area contributed by atoms with E-state index in [4.69, 9.17) is 4.42 Å². The highest BCUT2D eigenvalue weighted by molar-refractivity contribution is 6.03. The molecule has 2 amide bonds. The van der Waals surface area contributed by atoms with E-state index in [1.807, 2.05) is 31.2 Å². The van der Waals surface area contributed by atoms with E-state index in [0.717, 1.165) is 25.1 Å². The molecule has 6 heteroatoms. The van der Waals surface area contributed by atoms with E-state index in [2.05, 4.69) is 27.7 Å². The van der Waals surface area contributed by atoms with Crippen LogP contribution in [0.3, 0.4) is 0 Å². The standard InChI is InChI=1S/C24H25N3O3/c1-17-9-10-19(14-21(17)26-24(29)22-8-5-13-30-22)23(28)25-15-18-11-12-27(16-18)20-6-3-2-4-7-20/h2-10,13-14,18H,11-12,15-16H2,1H3,(H,25,28)(H,26,29). The van der Waals surface area contributed by atoms with Crippen molar-refractivity contribution in [3.05, 3.63) is 83.8 Å². The van der Waals surface area contributed by atoms with Crippen LogP contribution in [0.5, 0.6) is 0 Å². The van der Waals surface area contributed by atoms with Crippen molar-refractivity contribution in [2.45, 2.75) is 13.3 Å². The molecule has 0 saturated carbocycles. The summed E-state index contributed by atoms with van der Waals surface area (Å²) in [6, 6.07) is 18.9. The van der Waals surface area contributed by atoms with E-state index >= 15 is 0 Å². The summed E-state index contributed by atoms with van der Waals surface area (Å²) in [5, 5.41) is 5.85. The minimum atomic E-state index is -0.340. The summed E-state index contributed by atoms with van der Waals surface area (Å²) >= 11 is 0. The largest absolute Gasteiger partial charge is 0.459 e. The van der Waals surface area contributed by atoms with Crippen LogP contribution >= 0.6 is 0 Å². The van der Waals surface area contributed by atoms with Gasteiger partial charge in [-0.3, -0.25) is 9.59 Å². The van der Waals surface area contributed by atoms with Gasteiger partial charge in [0, 0.05) is 36.6 Å². The van der Waals surface area contributed by atoms with Crippen LogP contribution in [-0.4, -0.2) is 31.4 Å². The first kappa shape index (κ1) is 19.8. The fourth-order valence-electron chi connectivity index (χ4n) is 3.70. The minimum Gasteiger partial charge on any atom is -0.459 e. The molecule has 2 aromatic carbocycles. The van der Waals surface area contributed by atoms with Gasteiger partial charge in [-0.25, -0.2) is 0 Å². The van der Waals surface area contributed by atoms with Gasteiger partial charge >= 0.3 is 0 Å². The number of carbonyl (C=O) groups is 2. The summed E-state index contributed by atoms with van der Waals surface area (Å²) in [6.07, 6.45) is 2.50. The van der Waals surface area contributed by atoms with Gasteiger partial charge in [0.1, 0.15) is 0 Å². The predicted octanol–water partition coefficient (Wildman–Crippen LogP) is 4.10. The lowest BCUT2D eigenvalue weighted by atomic mass is 10.1. The van der Waals surface area contributed by atoms with Gasteiger partial charge in [0.25, 0.3) is 11.8 Å². The van der Waals surface area contributed by atoms with Gasteiger partial charge in [-0.2, -0.15) is 0 Å². The van der Waals surface area contributed by atoms with E-state index < -0.39 is 0 Å². The number of amides is 2. The van der Waals surface area contributed by atoms with Gasteiger partial charge in [0.15, 0.2) is 5.76 Å². The number of rotatable bonds is 6. The molecule has 154 valence electrons. The summed E-state index contributed by atoms with van der Waals surface area (Å²) in [4.78, 5) is 27.3. The topological polar surface area (TPSA) is 74.6 Å². The van der Waals surface area contributed by atoms with Crippen molar-refractivity contribution < 1.29 is 14.0 Å². The van der Waals surface area contributed by atoms with Gasteiger partial charge in [0.05, 0.1) is 6.26 Å². The highest BCUT2D eigenvalue weighted by Gasteiger charge is 2.23. The average Bonchev–Trinajstić information content (AvgIpc) is 3.46. The molecule has 1 atom stereocenters. The molecule has 0 bridgehead atoms. The molecule has 30 heavy (non-hydrogen) atoms. The van der Waals surface area contributed by atoms with Crippen LogP contribution in [-0.2, 0) is 0 Å². The summed E-state index contributed by atoms with van der Waals surface area (Å²) < 4.78 is 5.13. The third-order valence-electron chi connectivity index (χ3n) is 5.45. The normalized spacial score (nSPS) is 15.8. The zero-order valence-electron chi connectivity index (χ0n) is 16.9. The Morgan fingerprint density at radius 3 is 2.67 bits per heavy atom. The summed E-state index contributed by atoms with van der Waals surface area (Å²) in [7, 11) is 0. The maximum atomic E-state index is 12.7. The molecular weight excluding hydrogens is 378 g/mol. The van der Waals surface area contributed by atoms with E-state index in [1.165, 1.54) is 12.0 Å². The number of aryl methyl sites for hydroxylation is 1. The summed E-state index contributed by atoms with van der Waals surface area (Å²) in [6.45, 7) is 4.45. The number of hydrogen-bond acceptors (Lipinski definition) is 4. The number of benzene rings is 2. The van der Waals surface area contributed by atoms with Gasteiger partial charge < -0.3 is 20.0 Å². The maximum Gasteiger partial charge on any atom is 0.291 e. The second-order valence-corrected chi connectivity index (χ2v) is 7.61. The number of hydrogen-bond donors (Lipinski definition) is 2. The minimum absolute atomic E-state index is 0.137. The monoisotopic (exact) mass is 403 g/mol. The Bertz CT molecular complexity index is 1020. The third-order valence-corrected chi connectivity index (χ3v) is 5.45. The van der Waals surface area contributed by atoms with Crippen LogP contribution in [0.15, 0.2) is 71.3 Å². The van der Waals surface area contributed by atoms with Crippen molar-refractivity contribution in [3.63, 3.8) is 0 Å². The van der Waals surface area contributed by atoms with Gasteiger partial charge in [-0.05, 0) is 61.2 Å². The first-order valence-corrected chi connectivity index (χ1v) is 10.1. The van der Waals surface area contributed by atoms with Crippen LogP contribution in [0.2, 0.25) is 0 Å². The van der Waals surface area contributed by atoms with Crippen LogP contribution in [0.4, 0.5) is 11.4 Å². The molecule has 2 heterocycles. The van der Waals surface area contributed by atoms with E-state index in [9.17, 15) is 9.59 Å². The smallest absolute Gasteiger partial charge is 0.291 e. The Morgan fingerprint density at radius 1 is 1.07 bits per heavy atom. The van der Waals surface area contributed by atoms with Crippen molar-refractivity contribution in [1.29, 1.82) is 0 Å². The number of furan rings is 1. The number of nitrogens with zero attached hydrogens (tertiary/aromatic N) is 1. The SMILES string of the molecule is Cc1ccc(C(=O)NCC2CCN(c3ccccc3)C2)cc1NC(=O)c1ccco1.